The molecule has 3 aromatic rings. The zero-order valence-electron chi connectivity index (χ0n) is 15.0. The highest BCUT2D eigenvalue weighted by atomic mass is 32.2. The van der Waals surface area contributed by atoms with E-state index in [0.717, 1.165) is 12.1 Å². The van der Waals surface area contributed by atoms with Crippen molar-refractivity contribution in [3.63, 3.8) is 0 Å². The number of aromatic nitrogens is 2. The Hall–Kier alpha value is -3.38. The number of methoxy groups -OCH3 is 1. The van der Waals surface area contributed by atoms with Gasteiger partial charge in [-0.15, -0.1) is 0 Å². The molecule has 0 atom stereocenters. The fourth-order valence-corrected chi connectivity index (χ4v) is 4.14. The molecule has 0 bridgehead atoms. The molecule has 1 aromatic heterocycles. The molecular formula is C19H17FN4O3S. The summed E-state index contributed by atoms with van der Waals surface area (Å²) in [6.07, 6.45) is 2.94. The van der Waals surface area contributed by atoms with Crippen molar-refractivity contribution >= 4 is 15.7 Å². The molecule has 0 saturated carbocycles. The van der Waals surface area contributed by atoms with Crippen LogP contribution in [0.15, 0.2) is 65.8 Å². The molecule has 9 heteroatoms. The van der Waals surface area contributed by atoms with Crippen LogP contribution in [0.25, 0.3) is 0 Å². The number of sulfonamides is 1. The van der Waals surface area contributed by atoms with Crippen molar-refractivity contribution in [2.24, 2.45) is 0 Å². The summed E-state index contributed by atoms with van der Waals surface area (Å²) in [6, 6.07) is 13.3. The minimum Gasteiger partial charge on any atom is -0.495 e. The first kappa shape index (κ1) is 19.4. The molecule has 0 amide bonds. The van der Waals surface area contributed by atoms with Crippen molar-refractivity contribution in [2.45, 2.75) is 11.4 Å². The highest BCUT2D eigenvalue weighted by Gasteiger charge is 2.27. The van der Waals surface area contributed by atoms with Gasteiger partial charge in [0.2, 0.25) is 0 Å². The number of para-hydroxylation sites is 2. The first-order valence-corrected chi connectivity index (χ1v) is 9.73. The molecule has 1 heterocycles. The van der Waals surface area contributed by atoms with Crippen LogP contribution in [-0.2, 0) is 16.6 Å². The van der Waals surface area contributed by atoms with Crippen molar-refractivity contribution in [3.05, 3.63) is 72.3 Å². The molecule has 0 radical (unpaired) electrons. The van der Waals surface area contributed by atoms with E-state index in [0.29, 0.717) is 17.0 Å². The van der Waals surface area contributed by atoms with E-state index >= 15 is 0 Å². The smallest absolute Gasteiger partial charge is 0.264 e. The predicted molar refractivity (Wildman–Crippen MR) is 101 cm³/mol. The molecule has 0 fully saturated rings. The van der Waals surface area contributed by atoms with Gasteiger partial charge in [0.25, 0.3) is 10.0 Å². The first-order valence-electron chi connectivity index (χ1n) is 8.29. The minimum absolute atomic E-state index is 0.0344. The summed E-state index contributed by atoms with van der Waals surface area (Å²) in [5, 5.41) is 13.0. The number of benzene rings is 2. The van der Waals surface area contributed by atoms with Gasteiger partial charge in [0.05, 0.1) is 42.5 Å². The van der Waals surface area contributed by atoms with Crippen LogP contribution in [-0.4, -0.2) is 31.9 Å². The number of ether oxygens (including phenoxy) is 1. The predicted octanol–water partition coefficient (Wildman–Crippen LogP) is 2.80. The van der Waals surface area contributed by atoms with Gasteiger partial charge in [0.15, 0.2) is 0 Å². The highest BCUT2D eigenvalue weighted by Crippen LogP contribution is 2.32. The van der Waals surface area contributed by atoms with Crippen LogP contribution in [0.4, 0.5) is 10.1 Å². The van der Waals surface area contributed by atoms with E-state index in [1.165, 1.54) is 40.6 Å². The molecule has 144 valence electrons. The molecule has 0 unspecified atom stereocenters. The van der Waals surface area contributed by atoms with Crippen molar-refractivity contribution in [1.29, 1.82) is 5.26 Å². The van der Waals surface area contributed by atoms with Crippen molar-refractivity contribution in [3.8, 4) is 11.8 Å². The summed E-state index contributed by atoms with van der Waals surface area (Å²) in [4.78, 5) is -0.0435. The van der Waals surface area contributed by atoms with E-state index in [1.807, 2.05) is 6.07 Å². The Bertz CT molecular complexity index is 1100. The molecule has 7 nitrogen and oxygen atoms in total. The van der Waals surface area contributed by atoms with Crippen LogP contribution >= 0.6 is 0 Å². The average molecular weight is 400 g/mol. The lowest BCUT2D eigenvalue weighted by atomic mass is 10.3. The average Bonchev–Trinajstić information content (AvgIpc) is 3.17. The minimum atomic E-state index is -3.99. The van der Waals surface area contributed by atoms with E-state index in [1.54, 1.807) is 24.3 Å². The Balaban J connectivity index is 2.00. The lowest BCUT2D eigenvalue weighted by molar-refractivity contribution is 0.415. The number of hydrogen-bond donors (Lipinski definition) is 0. The van der Waals surface area contributed by atoms with Gasteiger partial charge in [-0.2, -0.15) is 10.4 Å². The molecule has 0 aliphatic carbocycles. The van der Waals surface area contributed by atoms with E-state index in [-0.39, 0.29) is 18.0 Å². The van der Waals surface area contributed by atoms with Gasteiger partial charge in [-0.1, -0.05) is 12.1 Å². The number of halogens is 1. The second-order valence-electron chi connectivity index (χ2n) is 5.81. The number of rotatable bonds is 7. The molecular weight excluding hydrogens is 383 g/mol. The third-order valence-electron chi connectivity index (χ3n) is 4.05. The SMILES string of the molecule is COc1ccccc1N(CCn1cc(C#N)cn1)S(=O)(=O)c1ccc(F)cc1. The normalized spacial score (nSPS) is 11.0. The number of anilines is 1. The third-order valence-corrected chi connectivity index (χ3v) is 5.88. The first-order chi connectivity index (χ1) is 13.5. The second kappa shape index (κ2) is 8.10. The van der Waals surface area contributed by atoms with E-state index in [4.69, 9.17) is 10.00 Å². The summed E-state index contributed by atoms with van der Waals surface area (Å²) in [5.41, 5.74) is 0.729. The van der Waals surface area contributed by atoms with Gasteiger partial charge in [-0.3, -0.25) is 8.99 Å². The van der Waals surface area contributed by atoms with Crippen molar-refractivity contribution in [1.82, 2.24) is 9.78 Å². The second-order valence-corrected chi connectivity index (χ2v) is 7.67. The van der Waals surface area contributed by atoms with E-state index in [2.05, 4.69) is 5.10 Å². The summed E-state index contributed by atoms with van der Waals surface area (Å²) in [7, 11) is -2.54. The fraction of sp³-hybridized carbons (Fsp3) is 0.158. The van der Waals surface area contributed by atoms with Gasteiger partial charge in [-0.25, -0.2) is 12.8 Å². The standard InChI is InChI=1S/C19H17FN4O3S/c1-27-19-5-3-2-4-18(19)24(11-10-23-14-15(12-21)13-22-23)28(25,26)17-8-6-16(20)7-9-17/h2-9,13-14H,10-11H2,1H3. The summed E-state index contributed by atoms with van der Waals surface area (Å²) < 4.78 is 47.8. The quantitative estimate of drug-likeness (QED) is 0.609. The Kier molecular flexibility index (Phi) is 5.61. The van der Waals surface area contributed by atoms with Crippen LogP contribution in [0, 0.1) is 17.1 Å². The summed E-state index contributed by atoms with van der Waals surface area (Å²) in [6.45, 7) is 0.243. The van der Waals surface area contributed by atoms with Gasteiger partial charge in [0.1, 0.15) is 17.6 Å². The topological polar surface area (TPSA) is 88.2 Å². The van der Waals surface area contributed by atoms with Crippen molar-refractivity contribution in [2.75, 3.05) is 18.0 Å². The van der Waals surface area contributed by atoms with Gasteiger partial charge >= 0.3 is 0 Å². The maximum atomic E-state index is 13.3. The van der Waals surface area contributed by atoms with Crippen LogP contribution in [0.3, 0.4) is 0 Å². The monoisotopic (exact) mass is 400 g/mol. The van der Waals surface area contributed by atoms with Crippen LogP contribution < -0.4 is 9.04 Å². The Morgan fingerprint density at radius 2 is 1.93 bits per heavy atom. The van der Waals surface area contributed by atoms with Crippen LogP contribution in [0.1, 0.15) is 5.56 Å². The maximum Gasteiger partial charge on any atom is 0.264 e. The van der Waals surface area contributed by atoms with Crippen LogP contribution in [0.5, 0.6) is 5.75 Å². The molecule has 28 heavy (non-hydrogen) atoms. The molecule has 0 aliphatic heterocycles. The van der Waals surface area contributed by atoms with Gasteiger partial charge in [-0.05, 0) is 36.4 Å². The molecule has 0 spiro atoms. The lowest BCUT2D eigenvalue weighted by Crippen LogP contribution is -2.34. The fourth-order valence-electron chi connectivity index (χ4n) is 2.68. The van der Waals surface area contributed by atoms with E-state index < -0.39 is 15.8 Å². The van der Waals surface area contributed by atoms with Crippen molar-refractivity contribution < 1.29 is 17.5 Å². The molecule has 0 aliphatic rings. The zero-order chi connectivity index (χ0) is 20.1. The number of nitriles is 1. The Morgan fingerprint density at radius 3 is 2.57 bits per heavy atom. The van der Waals surface area contributed by atoms with Gasteiger partial charge < -0.3 is 4.74 Å². The lowest BCUT2D eigenvalue weighted by Gasteiger charge is -2.26. The molecule has 0 saturated heterocycles. The Labute approximate surface area is 162 Å². The van der Waals surface area contributed by atoms with Gasteiger partial charge in [0, 0.05) is 6.20 Å². The Morgan fingerprint density at radius 1 is 1.21 bits per heavy atom. The highest BCUT2D eigenvalue weighted by molar-refractivity contribution is 7.92. The molecule has 0 N–H and O–H groups in total. The number of nitrogens with zero attached hydrogens (tertiary/aromatic N) is 4. The largest absolute Gasteiger partial charge is 0.495 e. The maximum absolute atomic E-state index is 13.3. The van der Waals surface area contributed by atoms with E-state index in [9.17, 15) is 12.8 Å². The number of hydrogen-bond acceptors (Lipinski definition) is 5. The summed E-state index contributed by atoms with van der Waals surface area (Å²) in [5.74, 6) is -0.144. The third kappa shape index (κ3) is 3.97. The molecule has 2 aromatic carbocycles. The van der Waals surface area contributed by atoms with Crippen LogP contribution in [0.2, 0.25) is 0 Å². The molecule has 3 rings (SSSR count). The summed E-state index contributed by atoms with van der Waals surface area (Å²) >= 11 is 0. The zero-order valence-corrected chi connectivity index (χ0v) is 15.8.